The summed E-state index contributed by atoms with van der Waals surface area (Å²) >= 11 is 0. The van der Waals surface area contributed by atoms with Crippen LogP contribution in [-0.4, -0.2) is 41.8 Å². The lowest BCUT2D eigenvalue weighted by Crippen LogP contribution is -2.54. The van der Waals surface area contributed by atoms with Gasteiger partial charge >= 0.3 is 0 Å². The van der Waals surface area contributed by atoms with Gasteiger partial charge in [-0.3, -0.25) is 14.6 Å². The van der Waals surface area contributed by atoms with Crippen molar-refractivity contribution < 1.29 is 9.59 Å². The zero-order valence-corrected chi connectivity index (χ0v) is 18.5. The van der Waals surface area contributed by atoms with Gasteiger partial charge in [0, 0.05) is 38.1 Å². The monoisotopic (exact) mass is 427 g/mol. The van der Waals surface area contributed by atoms with Crippen LogP contribution in [0.4, 0.5) is 0 Å². The minimum atomic E-state index is -0.655. The highest BCUT2D eigenvalue weighted by molar-refractivity contribution is 5.85. The molecule has 32 heavy (non-hydrogen) atoms. The maximum atomic E-state index is 13.2. The number of hydrogen-bond donors (Lipinski definition) is 1. The SMILES string of the molecule is CNC(=O)[C@]1(Cc2ccccc2-c2cccnc2)CCCN(C(=O)Cc2ccccc2)C1. The summed E-state index contributed by atoms with van der Waals surface area (Å²) in [7, 11) is 1.68. The number of piperidine rings is 1. The quantitative estimate of drug-likeness (QED) is 0.649. The van der Waals surface area contributed by atoms with E-state index in [1.54, 1.807) is 13.2 Å². The summed E-state index contributed by atoms with van der Waals surface area (Å²) in [5, 5.41) is 2.87. The first kappa shape index (κ1) is 21.8. The zero-order chi connectivity index (χ0) is 22.4. The number of carbonyl (C=O) groups excluding carboxylic acids is 2. The van der Waals surface area contributed by atoms with Crippen molar-refractivity contribution >= 4 is 11.8 Å². The van der Waals surface area contributed by atoms with E-state index in [1.165, 1.54) is 0 Å². The third-order valence-electron chi connectivity index (χ3n) is 6.36. The van der Waals surface area contributed by atoms with Gasteiger partial charge in [0.05, 0.1) is 11.8 Å². The summed E-state index contributed by atoms with van der Waals surface area (Å²) in [6.07, 6.45) is 6.10. The van der Waals surface area contributed by atoms with Crippen LogP contribution in [0, 0.1) is 5.41 Å². The van der Waals surface area contributed by atoms with Gasteiger partial charge in [-0.1, -0.05) is 60.7 Å². The lowest BCUT2D eigenvalue weighted by molar-refractivity contribution is -0.141. The molecular weight excluding hydrogens is 398 g/mol. The number of aromatic nitrogens is 1. The van der Waals surface area contributed by atoms with Crippen LogP contribution >= 0.6 is 0 Å². The summed E-state index contributed by atoms with van der Waals surface area (Å²) in [5.74, 6) is 0.0698. The second-order valence-electron chi connectivity index (χ2n) is 8.52. The fourth-order valence-electron chi connectivity index (χ4n) is 4.74. The normalized spacial score (nSPS) is 18.2. The molecule has 1 saturated heterocycles. The van der Waals surface area contributed by atoms with Gasteiger partial charge in [-0.2, -0.15) is 0 Å². The molecule has 1 aliphatic rings. The molecule has 0 radical (unpaired) electrons. The van der Waals surface area contributed by atoms with Crippen molar-refractivity contribution in [3.8, 4) is 11.1 Å². The average molecular weight is 428 g/mol. The second-order valence-corrected chi connectivity index (χ2v) is 8.52. The first-order chi connectivity index (χ1) is 15.6. The molecule has 164 valence electrons. The molecule has 2 aromatic carbocycles. The fraction of sp³-hybridized carbons (Fsp3) is 0.296. The molecule has 0 bridgehead atoms. The molecule has 1 fully saturated rings. The second kappa shape index (κ2) is 9.77. The number of pyridine rings is 1. The van der Waals surface area contributed by atoms with Crippen LogP contribution in [-0.2, 0) is 22.4 Å². The first-order valence-corrected chi connectivity index (χ1v) is 11.1. The predicted molar refractivity (Wildman–Crippen MR) is 126 cm³/mol. The van der Waals surface area contributed by atoms with Gasteiger partial charge in [-0.05, 0) is 42.0 Å². The molecule has 3 aromatic rings. The van der Waals surface area contributed by atoms with Crippen LogP contribution in [0.3, 0.4) is 0 Å². The Hall–Kier alpha value is -3.47. The summed E-state index contributed by atoms with van der Waals surface area (Å²) in [6.45, 7) is 1.12. The molecule has 0 unspecified atom stereocenters. The van der Waals surface area contributed by atoms with Crippen molar-refractivity contribution in [1.29, 1.82) is 0 Å². The van der Waals surface area contributed by atoms with Crippen LogP contribution in [0.15, 0.2) is 79.1 Å². The van der Waals surface area contributed by atoms with Crippen LogP contribution < -0.4 is 5.32 Å². The van der Waals surface area contributed by atoms with Gasteiger partial charge in [-0.15, -0.1) is 0 Å². The zero-order valence-electron chi connectivity index (χ0n) is 18.5. The number of likely N-dealkylation sites (tertiary alicyclic amines) is 1. The summed E-state index contributed by atoms with van der Waals surface area (Å²) in [5.41, 5.74) is 3.55. The van der Waals surface area contributed by atoms with E-state index in [0.717, 1.165) is 35.1 Å². The van der Waals surface area contributed by atoms with E-state index in [9.17, 15) is 9.59 Å². The van der Waals surface area contributed by atoms with Crippen molar-refractivity contribution in [2.45, 2.75) is 25.7 Å². The van der Waals surface area contributed by atoms with Crippen molar-refractivity contribution in [3.05, 3.63) is 90.3 Å². The van der Waals surface area contributed by atoms with Crippen molar-refractivity contribution in [2.24, 2.45) is 5.41 Å². The third kappa shape index (κ3) is 4.72. The van der Waals surface area contributed by atoms with Gasteiger partial charge in [0.1, 0.15) is 0 Å². The van der Waals surface area contributed by atoms with Gasteiger partial charge in [0.2, 0.25) is 11.8 Å². The van der Waals surface area contributed by atoms with E-state index in [0.29, 0.717) is 25.9 Å². The Bertz CT molecular complexity index is 1070. The molecule has 5 nitrogen and oxygen atoms in total. The lowest BCUT2D eigenvalue weighted by atomic mass is 9.73. The molecule has 2 heterocycles. The number of hydrogen-bond acceptors (Lipinski definition) is 3. The third-order valence-corrected chi connectivity index (χ3v) is 6.36. The molecule has 1 aliphatic heterocycles. The maximum Gasteiger partial charge on any atom is 0.228 e. The number of carbonyl (C=O) groups is 2. The lowest BCUT2D eigenvalue weighted by Gasteiger charge is -2.42. The standard InChI is InChI=1S/C27H29N3O2/c1-28-26(32)27(18-22-11-5-6-13-24(22)23-12-7-15-29-19-23)14-8-16-30(20-27)25(31)17-21-9-3-2-4-10-21/h2-7,9-13,15,19H,8,14,16-18,20H2,1H3,(H,28,32)/t27-/m0/s1. The Balaban J connectivity index is 1.61. The minimum Gasteiger partial charge on any atom is -0.359 e. The van der Waals surface area contributed by atoms with E-state index in [1.807, 2.05) is 65.7 Å². The largest absolute Gasteiger partial charge is 0.359 e. The minimum absolute atomic E-state index is 0.00398. The number of rotatable bonds is 6. The molecule has 1 N–H and O–H groups in total. The maximum absolute atomic E-state index is 13.2. The van der Waals surface area contributed by atoms with Crippen LogP contribution in [0.5, 0.6) is 0 Å². The molecule has 0 aliphatic carbocycles. The number of nitrogens with zero attached hydrogens (tertiary/aromatic N) is 2. The van der Waals surface area contributed by atoms with E-state index in [-0.39, 0.29) is 11.8 Å². The summed E-state index contributed by atoms with van der Waals surface area (Å²) < 4.78 is 0. The highest BCUT2D eigenvalue weighted by atomic mass is 16.2. The van der Waals surface area contributed by atoms with Gasteiger partial charge in [0.15, 0.2) is 0 Å². The Morgan fingerprint density at radius 2 is 1.81 bits per heavy atom. The van der Waals surface area contributed by atoms with Crippen LogP contribution in [0.2, 0.25) is 0 Å². The van der Waals surface area contributed by atoms with Gasteiger partial charge in [-0.25, -0.2) is 0 Å². The molecule has 2 amide bonds. The average Bonchev–Trinajstić information content (AvgIpc) is 2.85. The van der Waals surface area contributed by atoms with E-state index >= 15 is 0 Å². The number of amides is 2. The van der Waals surface area contributed by atoms with Gasteiger partial charge in [0.25, 0.3) is 0 Å². The first-order valence-electron chi connectivity index (χ1n) is 11.1. The van der Waals surface area contributed by atoms with E-state index < -0.39 is 5.41 Å². The highest BCUT2D eigenvalue weighted by Crippen LogP contribution is 2.37. The molecule has 1 aromatic heterocycles. The Kier molecular flexibility index (Phi) is 6.64. The van der Waals surface area contributed by atoms with Crippen molar-refractivity contribution in [1.82, 2.24) is 15.2 Å². The van der Waals surface area contributed by atoms with Gasteiger partial charge < -0.3 is 10.2 Å². The van der Waals surface area contributed by atoms with Crippen molar-refractivity contribution in [2.75, 3.05) is 20.1 Å². The smallest absolute Gasteiger partial charge is 0.228 e. The van der Waals surface area contributed by atoms with Crippen molar-refractivity contribution in [3.63, 3.8) is 0 Å². The topological polar surface area (TPSA) is 62.3 Å². The Morgan fingerprint density at radius 3 is 2.56 bits per heavy atom. The Morgan fingerprint density at radius 1 is 1.03 bits per heavy atom. The number of benzene rings is 2. The molecule has 5 heteroatoms. The summed E-state index contributed by atoms with van der Waals surface area (Å²) in [6, 6.07) is 21.9. The molecule has 0 spiro atoms. The Labute approximate surface area is 189 Å². The van der Waals surface area contributed by atoms with Crippen LogP contribution in [0.1, 0.15) is 24.0 Å². The highest BCUT2D eigenvalue weighted by Gasteiger charge is 2.43. The molecule has 1 atom stereocenters. The molecule has 0 saturated carbocycles. The van der Waals surface area contributed by atoms with E-state index in [2.05, 4.69) is 22.4 Å². The fourth-order valence-corrected chi connectivity index (χ4v) is 4.74. The molecular formula is C27H29N3O2. The molecule has 4 rings (SSSR count). The van der Waals surface area contributed by atoms with Crippen LogP contribution in [0.25, 0.3) is 11.1 Å². The number of nitrogens with one attached hydrogen (secondary N) is 1. The summed E-state index contributed by atoms with van der Waals surface area (Å²) in [4.78, 5) is 32.4. The van der Waals surface area contributed by atoms with E-state index in [4.69, 9.17) is 0 Å². The predicted octanol–water partition coefficient (Wildman–Crippen LogP) is 3.89.